The zero-order valence-electron chi connectivity index (χ0n) is 12.8. The third-order valence-electron chi connectivity index (χ3n) is 3.69. The Bertz CT molecular complexity index is 796. The number of para-hydroxylation sites is 2. The Balaban J connectivity index is 1.98. The highest BCUT2D eigenvalue weighted by molar-refractivity contribution is 6.31. The van der Waals surface area contributed by atoms with E-state index in [4.69, 9.17) is 16.3 Å². The van der Waals surface area contributed by atoms with E-state index in [1.54, 1.807) is 6.92 Å². The van der Waals surface area contributed by atoms with Crippen LogP contribution in [-0.4, -0.2) is 22.5 Å². The quantitative estimate of drug-likeness (QED) is 0.717. The number of nitrogens with zero attached hydrogens (tertiary/aromatic N) is 1. The zero-order chi connectivity index (χ0) is 16.2. The normalized spacial score (nSPS) is 12.3. The summed E-state index contributed by atoms with van der Waals surface area (Å²) in [4.78, 5) is 20.2. The van der Waals surface area contributed by atoms with E-state index in [2.05, 4.69) is 9.97 Å². The number of nitrogens with one attached hydrogen (secondary N) is 1. The Morgan fingerprint density at radius 2 is 1.96 bits per heavy atom. The van der Waals surface area contributed by atoms with E-state index in [9.17, 15) is 4.79 Å². The molecule has 0 saturated carbocycles. The van der Waals surface area contributed by atoms with Crippen molar-refractivity contribution in [1.82, 2.24) is 9.97 Å². The minimum atomic E-state index is -0.512. The van der Waals surface area contributed by atoms with Crippen LogP contribution in [0.1, 0.15) is 24.2 Å². The van der Waals surface area contributed by atoms with Gasteiger partial charge in [-0.05, 0) is 37.1 Å². The summed E-state index contributed by atoms with van der Waals surface area (Å²) < 4.78 is 5.22. The molecule has 2 aromatic carbocycles. The maximum atomic E-state index is 12.4. The van der Waals surface area contributed by atoms with Gasteiger partial charge in [-0.25, -0.2) is 4.98 Å². The van der Waals surface area contributed by atoms with E-state index < -0.39 is 5.92 Å². The first-order chi connectivity index (χ1) is 11.2. The van der Waals surface area contributed by atoms with Gasteiger partial charge in [-0.2, -0.15) is 0 Å². The van der Waals surface area contributed by atoms with Crippen molar-refractivity contribution >= 4 is 28.6 Å². The number of halogens is 1. The molecule has 1 N–H and O–H groups in total. The highest BCUT2D eigenvalue weighted by Gasteiger charge is 2.26. The fourth-order valence-corrected chi connectivity index (χ4v) is 2.77. The van der Waals surface area contributed by atoms with Gasteiger partial charge in [0.25, 0.3) is 0 Å². The summed E-state index contributed by atoms with van der Waals surface area (Å²) in [6, 6.07) is 15.2. The average Bonchev–Trinajstić information content (AvgIpc) is 2.97. The summed E-state index contributed by atoms with van der Waals surface area (Å²) in [6.45, 7) is 2.13. The second-order valence-electron chi connectivity index (χ2n) is 5.24. The number of rotatable bonds is 5. The van der Waals surface area contributed by atoms with Crippen molar-refractivity contribution in [2.45, 2.75) is 19.3 Å². The number of H-pyrrole nitrogens is 1. The van der Waals surface area contributed by atoms with Crippen LogP contribution in [0.3, 0.4) is 0 Å². The first-order valence-electron chi connectivity index (χ1n) is 7.53. The molecule has 4 nitrogen and oxygen atoms in total. The smallest absolute Gasteiger partial charge is 0.316 e. The Labute approximate surface area is 139 Å². The van der Waals surface area contributed by atoms with Gasteiger partial charge in [0.1, 0.15) is 11.7 Å². The van der Waals surface area contributed by atoms with Crippen molar-refractivity contribution in [3.8, 4) is 0 Å². The fourth-order valence-electron chi connectivity index (χ4n) is 2.56. The predicted molar refractivity (Wildman–Crippen MR) is 90.6 cm³/mol. The minimum absolute atomic E-state index is 0.300. The molecule has 0 radical (unpaired) electrons. The average molecular weight is 329 g/mol. The highest BCUT2D eigenvalue weighted by Crippen LogP contribution is 2.26. The molecular formula is C18H17ClN2O2. The molecule has 0 aliphatic heterocycles. The molecule has 118 valence electrons. The van der Waals surface area contributed by atoms with Gasteiger partial charge in [0.05, 0.1) is 17.6 Å². The molecule has 1 heterocycles. The third-order valence-corrected chi connectivity index (χ3v) is 4.06. The lowest BCUT2D eigenvalue weighted by atomic mass is 9.98. The number of benzene rings is 2. The van der Waals surface area contributed by atoms with Gasteiger partial charge in [-0.15, -0.1) is 0 Å². The molecule has 0 spiro atoms. The van der Waals surface area contributed by atoms with Crippen LogP contribution < -0.4 is 0 Å². The Hall–Kier alpha value is -2.33. The lowest BCUT2D eigenvalue weighted by molar-refractivity contribution is -0.145. The molecule has 0 bridgehead atoms. The highest BCUT2D eigenvalue weighted by atomic mass is 35.5. The van der Waals surface area contributed by atoms with Gasteiger partial charge in [-0.3, -0.25) is 4.79 Å². The Morgan fingerprint density at radius 3 is 2.70 bits per heavy atom. The Morgan fingerprint density at radius 1 is 1.22 bits per heavy atom. The molecule has 1 aromatic heterocycles. The van der Waals surface area contributed by atoms with Crippen LogP contribution in [0.4, 0.5) is 0 Å². The molecule has 0 aliphatic carbocycles. The van der Waals surface area contributed by atoms with Crippen LogP contribution in [0.5, 0.6) is 0 Å². The number of carbonyl (C=O) groups is 1. The largest absolute Gasteiger partial charge is 0.465 e. The van der Waals surface area contributed by atoms with Gasteiger partial charge in [-0.1, -0.05) is 41.9 Å². The van der Waals surface area contributed by atoms with Crippen molar-refractivity contribution < 1.29 is 9.53 Å². The van der Waals surface area contributed by atoms with Gasteiger partial charge >= 0.3 is 5.97 Å². The molecule has 0 amide bonds. The van der Waals surface area contributed by atoms with Gasteiger partial charge in [0.15, 0.2) is 0 Å². The van der Waals surface area contributed by atoms with E-state index in [1.807, 2.05) is 48.5 Å². The number of aromatic nitrogens is 2. The van der Waals surface area contributed by atoms with Crippen molar-refractivity contribution in [3.05, 3.63) is 64.9 Å². The van der Waals surface area contributed by atoms with E-state index in [0.29, 0.717) is 23.9 Å². The van der Waals surface area contributed by atoms with Crippen molar-refractivity contribution in [2.75, 3.05) is 6.61 Å². The second-order valence-corrected chi connectivity index (χ2v) is 5.65. The molecule has 0 aliphatic rings. The Kier molecular flexibility index (Phi) is 4.63. The maximum absolute atomic E-state index is 12.4. The van der Waals surface area contributed by atoms with E-state index in [-0.39, 0.29) is 5.97 Å². The third kappa shape index (κ3) is 3.37. The van der Waals surface area contributed by atoms with Gasteiger partial charge < -0.3 is 9.72 Å². The molecule has 3 aromatic rings. The first-order valence-corrected chi connectivity index (χ1v) is 7.91. The molecule has 0 fully saturated rings. The number of imidazole rings is 1. The molecule has 1 unspecified atom stereocenters. The van der Waals surface area contributed by atoms with E-state index in [1.165, 1.54) is 0 Å². The second kappa shape index (κ2) is 6.84. The van der Waals surface area contributed by atoms with Crippen LogP contribution in [0.25, 0.3) is 11.0 Å². The molecule has 5 heteroatoms. The molecule has 3 rings (SSSR count). The number of esters is 1. The number of ether oxygens (including phenoxy) is 1. The number of hydrogen-bond acceptors (Lipinski definition) is 3. The van der Waals surface area contributed by atoms with Crippen LogP contribution in [0.15, 0.2) is 48.5 Å². The lowest BCUT2D eigenvalue weighted by Gasteiger charge is -2.14. The van der Waals surface area contributed by atoms with Crippen LogP contribution in [0.2, 0.25) is 5.02 Å². The number of aromatic amines is 1. The summed E-state index contributed by atoms with van der Waals surface area (Å²) in [5.41, 5.74) is 2.62. The molecule has 0 saturated heterocycles. The SMILES string of the molecule is CCOC(=O)C(Cc1ccccc1Cl)c1nc2ccccc2[nH]1. The summed E-state index contributed by atoms with van der Waals surface area (Å²) in [5, 5.41) is 0.637. The first kappa shape index (κ1) is 15.6. The van der Waals surface area contributed by atoms with Crippen molar-refractivity contribution in [1.29, 1.82) is 0 Å². The van der Waals surface area contributed by atoms with Crippen molar-refractivity contribution in [2.24, 2.45) is 0 Å². The zero-order valence-corrected chi connectivity index (χ0v) is 13.5. The van der Waals surface area contributed by atoms with Crippen molar-refractivity contribution in [3.63, 3.8) is 0 Å². The van der Waals surface area contributed by atoms with Crippen LogP contribution in [0, 0.1) is 0 Å². The molecule has 23 heavy (non-hydrogen) atoms. The number of carbonyl (C=O) groups excluding carboxylic acids is 1. The summed E-state index contributed by atoms with van der Waals surface area (Å²) >= 11 is 6.23. The number of fused-ring (bicyclic) bond motifs is 1. The summed E-state index contributed by atoms with van der Waals surface area (Å²) in [7, 11) is 0. The topological polar surface area (TPSA) is 55.0 Å². The standard InChI is InChI=1S/C18H17ClN2O2/c1-2-23-18(22)13(11-12-7-3-4-8-14(12)19)17-20-15-9-5-6-10-16(15)21-17/h3-10,13H,2,11H2,1H3,(H,20,21). The van der Waals surface area contributed by atoms with Crippen LogP contribution >= 0.6 is 11.6 Å². The van der Waals surface area contributed by atoms with Gasteiger partial charge in [0, 0.05) is 5.02 Å². The summed E-state index contributed by atoms with van der Waals surface area (Å²) in [6.07, 6.45) is 0.443. The van der Waals surface area contributed by atoms with E-state index in [0.717, 1.165) is 16.6 Å². The molecular weight excluding hydrogens is 312 g/mol. The van der Waals surface area contributed by atoms with E-state index >= 15 is 0 Å². The fraction of sp³-hybridized carbons (Fsp3) is 0.222. The van der Waals surface area contributed by atoms with Crippen LogP contribution in [-0.2, 0) is 16.0 Å². The lowest BCUT2D eigenvalue weighted by Crippen LogP contribution is -2.19. The minimum Gasteiger partial charge on any atom is -0.465 e. The predicted octanol–water partition coefficient (Wildman–Crippen LogP) is 4.11. The molecule has 1 atom stereocenters. The monoisotopic (exact) mass is 328 g/mol. The maximum Gasteiger partial charge on any atom is 0.316 e. The summed E-state index contributed by atoms with van der Waals surface area (Å²) in [5.74, 6) is -0.210. The number of hydrogen-bond donors (Lipinski definition) is 1. The van der Waals surface area contributed by atoms with Gasteiger partial charge in [0.2, 0.25) is 0 Å².